The van der Waals surface area contributed by atoms with Crippen molar-refractivity contribution in [3.63, 3.8) is 0 Å². The van der Waals surface area contributed by atoms with Crippen LogP contribution in [-0.4, -0.2) is 55.1 Å². The van der Waals surface area contributed by atoms with Crippen LogP contribution in [0.3, 0.4) is 0 Å². The first-order valence-electron chi connectivity index (χ1n) is 7.32. The largest absolute Gasteiger partial charge is 0.345 e. The van der Waals surface area contributed by atoms with Crippen molar-refractivity contribution in [3.05, 3.63) is 11.1 Å². The van der Waals surface area contributed by atoms with E-state index in [9.17, 15) is 4.79 Å². The summed E-state index contributed by atoms with van der Waals surface area (Å²) >= 11 is 1.73. The molecule has 0 aliphatic carbocycles. The predicted octanol–water partition coefficient (Wildman–Crippen LogP) is 1.80. The fourth-order valence-electron chi connectivity index (χ4n) is 2.76. The van der Waals surface area contributed by atoms with Gasteiger partial charge in [0.2, 0.25) is 5.91 Å². The number of piperazine rings is 1. The summed E-state index contributed by atoms with van der Waals surface area (Å²) in [6, 6.07) is 0. The lowest BCUT2D eigenvalue weighted by atomic mass is 9.88. The van der Waals surface area contributed by atoms with Crippen LogP contribution < -0.4 is 10.2 Å². The van der Waals surface area contributed by atoms with E-state index in [1.165, 1.54) is 4.88 Å². The number of halogens is 2. The van der Waals surface area contributed by atoms with Crippen LogP contribution in [0.15, 0.2) is 6.20 Å². The van der Waals surface area contributed by atoms with Crippen molar-refractivity contribution in [1.29, 1.82) is 0 Å². The summed E-state index contributed by atoms with van der Waals surface area (Å²) < 4.78 is 0. The third kappa shape index (κ3) is 4.04. The van der Waals surface area contributed by atoms with E-state index < -0.39 is 0 Å². The molecule has 0 spiro atoms. The van der Waals surface area contributed by atoms with Crippen LogP contribution in [0.25, 0.3) is 0 Å². The molecule has 2 aliphatic rings. The molecule has 8 heteroatoms. The molecule has 1 atom stereocenters. The zero-order chi connectivity index (χ0) is 14.1. The zero-order valence-electron chi connectivity index (χ0n) is 12.9. The smallest absolute Gasteiger partial charge is 0.225 e. The van der Waals surface area contributed by atoms with Crippen LogP contribution in [-0.2, 0) is 4.79 Å². The Labute approximate surface area is 148 Å². The van der Waals surface area contributed by atoms with Gasteiger partial charge >= 0.3 is 0 Å². The summed E-state index contributed by atoms with van der Waals surface area (Å²) in [5.74, 6) is 1.01. The standard InChI is InChI=1S/C14H22N4OS.2ClH/c1-10-7-16-14(20-10)18-5-3-17(4-6-18)13(19)11(2)12-8-15-9-12;;/h7,11-12,15H,3-6,8-9H2,1-2H3;2*1H. The van der Waals surface area contributed by atoms with E-state index in [-0.39, 0.29) is 30.7 Å². The molecule has 0 saturated carbocycles. The second-order valence-corrected chi connectivity index (χ2v) is 6.99. The highest BCUT2D eigenvalue weighted by atomic mass is 35.5. The SMILES string of the molecule is Cc1cnc(N2CCN(C(=O)C(C)C3CNC3)CC2)s1.Cl.Cl. The number of anilines is 1. The molecule has 1 N–H and O–H groups in total. The van der Waals surface area contributed by atoms with Crippen LogP contribution in [0.1, 0.15) is 11.8 Å². The molecule has 126 valence electrons. The maximum absolute atomic E-state index is 12.4. The monoisotopic (exact) mass is 366 g/mol. The molecule has 2 fully saturated rings. The third-order valence-corrected chi connectivity index (χ3v) is 5.35. The number of aryl methyl sites for hydroxylation is 1. The van der Waals surface area contributed by atoms with Gasteiger partial charge in [-0.1, -0.05) is 6.92 Å². The zero-order valence-corrected chi connectivity index (χ0v) is 15.4. The number of carbonyl (C=O) groups excluding carboxylic acids is 1. The highest BCUT2D eigenvalue weighted by molar-refractivity contribution is 7.15. The molecule has 2 aliphatic heterocycles. The van der Waals surface area contributed by atoms with Crippen molar-refractivity contribution >= 4 is 47.2 Å². The Balaban J connectivity index is 0.00000121. The average Bonchev–Trinajstić information content (AvgIpc) is 2.83. The van der Waals surface area contributed by atoms with E-state index in [1.807, 2.05) is 11.1 Å². The molecule has 0 bridgehead atoms. The normalized spacial score (nSPS) is 19.7. The summed E-state index contributed by atoms with van der Waals surface area (Å²) in [5.41, 5.74) is 0. The van der Waals surface area contributed by atoms with Gasteiger partial charge in [-0.3, -0.25) is 4.79 Å². The van der Waals surface area contributed by atoms with Crippen molar-refractivity contribution in [2.75, 3.05) is 44.2 Å². The van der Waals surface area contributed by atoms with Gasteiger partial charge in [-0.25, -0.2) is 4.98 Å². The van der Waals surface area contributed by atoms with Gasteiger partial charge in [-0.15, -0.1) is 36.2 Å². The minimum Gasteiger partial charge on any atom is -0.345 e. The fraction of sp³-hybridized carbons (Fsp3) is 0.714. The van der Waals surface area contributed by atoms with Crippen molar-refractivity contribution in [2.45, 2.75) is 13.8 Å². The highest BCUT2D eigenvalue weighted by Crippen LogP contribution is 2.24. The molecule has 1 aromatic heterocycles. The highest BCUT2D eigenvalue weighted by Gasteiger charge is 2.33. The van der Waals surface area contributed by atoms with E-state index in [2.05, 4.69) is 29.0 Å². The first-order valence-corrected chi connectivity index (χ1v) is 8.13. The number of carbonyl (C=O) groups is 1. The first kappa shape index (κ1) is 19.5. The summed E-state index contributed by atoms with van der Waals surface area (Å²) in [6.45, 7) is 9.57. The molecule has 0 radical (unpaired) electrons. The van der Waals surface area contributed by atoms with Crippen LogP contribution >= 0.6 is 36.2 Å². The van der Waals surface area contributed by atoms with Gasteiger partial charge in [0.15, 0.2) is 5.13 Å². The molecular formula is C14H24Cl2N4OS. The Hall–Kier alpha value is -0.560. The second-order valence-electron chi connectivity index (χ2n) is 5.77. The van der Waals surface area contributed by atoms with Gasteiger partial charge in [-0.2, -0.15) is 0 Å². The number of rotatable bonds is 3. The van der Waals surface area contributed by atoms with Gasteiger partial charge in [-0.05, 0) is 25.9 Å². The Morgan fingerprint density at radius 3 is 2.41 bits per heavy atom. The number of nitrogens with zero attached hydrogens (tertiary/aromatic N) is 3. The number of hydrogen-bond acceptors (Lipinski definition) is 5. The Morgan fingerprint density at radius 2 is 1.95 bits per heavy atom. The number of hydrogen-bond donors (Lipinski definition) is 1. The van der Waals surface area contributed by atoms with Gasteiger partial charge in [0.1, 0.15) is 0 Å². The van der Waals surface area contributed by atoms with Crippen molar-refractivity contribution in [2.24, 2.45) is 11.8 Å². The summed E-state index contributed by atoms with van der Waals surface area (Å²) in [7, 11) is 0. The number of thiazole rings is 1. The molecular weight excluding hydrogens is 343 g/mol. The van der Waals surface area contributed by atoms with E-state index >= 15 is 0 Å². The molecule has 3 heterocycles. The van der Waals surface area contributed by atoms with Gasteiger partial charge in [0.25, 0.3) is 0 Å². The maximum Gasteiger partial charge on any atom is 0.225 e. The van der Waals surface area contributed by atoms with Crippen molar-refractivity contribution in [1.82, 2.24) is 15.2 Å². The van der Waals surface area contributed by atoms with E-state index in [1.54, 1.807) is 11.3 Å². The Bertz CT molecular complexity index is 487. The molecule has 0 aromatic carbocycles. The quantitative estimate of drug-likeness (QED) is 0.885. The van der Waals surface area contributed by atoms with Crippen LogP contribution in [0.4, 0.5) is 5.13 Å². The van der Waals surface area contributed by atoms with Gasteiger partial charge in [0.05, 0.1) is 0 Å². The number of amides is 1. The van der Waals surface area contributed by atoms with Crippen molar-refractivity contribution < 1.29 is 4.79 Å². The molecule has 3 rings (SSSR count). The van der Waals surface area contributed by atoms with E-state index in [0.29, 0.717) is 11.8 Å². The fourth-order valence-corrected chi connectivity index (χ4v) is 3.57. The lowest BCUT2D eigenvalue weighted by Crippen LogP contribution is -2.54. The molecule has 22 heavy (non-hydrogen) atoms. The lowest BCUT2D eigenvalue weighted by molar-refractivity contribution is -0.137. The van der Waals surface area contributed by atoms with Crippen LogP contribution in [0.5, 0.6) is 0 Å². The van der Waals surface area contributed by atoms with Crippen LogP contribution in [0.2, 0.25) is 0 Å². The summed E-state index contributed by atoms with van der Waals surface area (Å²) in [6.07, 6.45) is 1.92. The summed E-state index contributed by atoms with van der Waals surface area (Å²) in [5, 5.41) is 4.33. The van der Waals surface area contributed by atoms with Crippen LogP contribution in [0, 0.1) is 18.8 Å². The maximum atomic E-state index is 12.4. The van der Waals surface area contributed by atoms with Gasteiger partial charge in [0, 0.05) is 43.2 Å². The molecule has 2 saturated heterocycles. The third-order valence-electron chi connectivity index (χ3n) is 4.38. The molecule has 1 aromatic rings. The second kappa shape index (κ2) is 8.34. The molecule has 1 unspecified atom stereocenters. The predicted molar refractivity (Wildman–Crippen MR) is 95.7 cm³/mol. The van der Waals surface area contributed by atoms with Gasteiger partial charge < -0.3 is 15.1 Å². The van der Waals surface area contributed by atoms with E-state index in [4.69, 9.17) is 0 Å². The summed E-state index contributed by atoms with van der Waals surface area (Å²) in [4.78, 5) is 22.4. The Kier molecular flexibility index (Phi) is 7.38. The Morgan fingerprint density at radius 1 is 1.32 bits per heavy atom. The average molecular weight is 367 g/mol. The lowest BCUT2D eigenvalue weighted by Gasteiger charge is -2.39. The topological polar surface area (TPSA) is 48.5 Å². The first-order chi connectivity index (χ1) is 9.65. The molecule has 1 amide bonds. The minimum atomic E-state index is 0. The van der Waals surface area contributed by atoms with E-state index in [0.717, 1.165) is 44.4 Å². The molecule has 5 nitrogen and oxygen atoms in total. The number of nitrogens with one attached hydrogen (secondary N) is 1. The minimum absolute atomic E-state index is 0. The van der Waals surface area contributed by atoms with Crippen molar-refractivity contribution in [3.8, 4) is 0 Å². The number of aromatic nitrogens is 1.